The monoisotopic (exact) mass is 389 g/mol. The maximum absolute atomic E-state index is 13.0. The average Bonchev–Trinajstić information content (AvgIpc) is 3.05. The summed E-state index contributed by atoms with van der Waals surface area (Å²) in [5, 5.41) is 5.59. The summed E-state index contributed by atoms with van der Waals surface area (Å²) in [7, 11) is 1.47. The van der Waals surface area contributed by atoms with E-state index in [4.69, 9.17) is 4.74 Å². The van der Waals surface area contributed by atoms with E-state index < -0.39 is 12.1 Å². The summed E-state index contributed by atoms with van der Waals surface area (Å²) in [6.45, 7) is 3.34. The number of carbonyl (C=O) groups is 2. The Bertz CT molecular complexity index is 1330. The molecule has 4 aromatic rings. The molecule has 0 radical (unpaired) electrons. The number of aryl methyl sites for hydroxylation is 2. The van der Waals surface area contributed by atoms with E-state index in [2.05, 4.69) is 10.1 Å². The molecule has 0 fully saturated rings. The van der Waals surface area contributed by atoms with Crippen molar-refractivity contribution in [2.24, 2.45) is 7.05 Å². The number of fused-ring (bicyclic) bond motifs is 2. The van der Waals surface area contributed by atoms with Gasteiger partial charge in [0.1, 0.15) is 0 Å². The molecule has 0 spiro atoms. The Labute approximate surface area is 165 Å². The molecule has 7 heteroatoms. The summed E-state index contributed by atoms with van der Waals surface area (Å²) in [6, 6.07) is 14.2. The van der Waals surface area contributed by atoms with Gasteiger partial charge in [0.25, 0.3) is 5.56 Å². The van der Waals surface area contributed by atoms with Crippen LogP contribution in [0, 0.1) is 6.92 Å². The quantitative estimate of drug-likeness (QED) is 0.427. The van der Waals surface area contributed by atoms with Gasteiger partial charge < -0.3 is 9.72 Å². The van der Waals surface area contributed by atoms with Crippen molar-refractivity contribution in [1.82, 2.24) is 14.8 Å². The average molecular weight is 389 g/mol. The van der Waals surface area contributed by atoms with Gasteiger partial charge in [-0.05, 0) is 26.0 Å². The van der Waals surface area contributed by atoms with Gasteiger partial charge in [-0.3, -0.25) is 9.59 Å². The molecule has 2 aromatic heterocycles. The molecule has 4 rings (SSSR count). The number of nitrogens with one attached hydrogen (secondary N) is 1. The highest BCUT2D eigenvalue weighted by Crippen LogP contribution is 2.24. The molecule has 1 unspecified atom stereocenters. The number of para-hydroxylation sites is 1. The number of carbonyl (C=O) groups excluding carboxylic acids is 2. The third-order valence-corrected chi connectivity index (χ3v) is 4.94. The van der Waals surface area contributed by atoms with Crippen molar-refractivity contribution in [3.63, 3.8) is 0 Å². The minimum atomic E-state index is -1.02. The normalized spacial score (nSPS) is 12.2. The second kappa shape index (κ2) is 7.01. The maximum Gasteiger partial charge on any atom is 0.360 e. The fourth-order valence-corrected chi connectivity index (χ4v) is 3.52. The highest BCUT2D eigenvalue weighted by atomic mass is 16.5. The summed E-state index contributed by atoms with van der Waals surface area (Å²) in [4.78, 5) is 41.2. The molecule has 2 aromatic carbocycles. The zero-order chi connectivity index (χ0) is 20.7. The maximum atomic E-state index is 13.0. The molecule has 0 saturated carbocycles. The third-order valence-electron chi connectivity index (χ3n) is 4.94. The molecule has 0 aliphatic rings. The molecule has 0 aliphatic carbocycles. The molecule has 0 saturated heterocycles. The van der Waals surface area contributed by atoms with Crippen LogP contribution in [0.5, 0.6) is 0 Å². The second-order valence-corrected chi connectivity index (χ2v) is 6.91. The van der Waals surface area contributed by atoms with Crippen molar-refractivity contribution in [3.8, 4) is 0 Å². The van der Waals surface area contributed by atoms with Crippen molar-refractivity contribution in [3.05, 3.63) is 75.8 Å². The molecule has 146 valence electrons. The van der Waals surface area contributed by atoms with E-state index in [9.17, 15) is 14.4 Å². The summed E-state index contributed by atoms with van der Waals surface area (Å²) >= 11 is 0. The fraction of sp³-hybridized carbons (Fsp3) is 0.182. The number of hydrogen-bond acceptors (Lipinski definition) is 5. The number of H-pyrrole nitrogens is 1. The van der Waals surface area contributed by atoms with Crippen LogP contribution in [0.25, 0.3) is 21.7 Å². The molecule has 2 heterocycles. The van der Waals surface area contributed by atoms with Crippen molar-refractivity contribution in [2.45, 2.75) is 20.0 Å². The van der Waals surface area contributed by atoms with Gasteiger partial charge in [-0.1, -0.05) is 36.4 Å². The first-order valence-corrected chi connectivity index (χ1v) is 9.17. The summed E-state index contributed by atoms with van der Waals surface area (Å²) in [5.74, 6) is -1.06. The summed E-state index contributed by atoms with van der Waals surface area (Å²) < 4.78 is 6.54. The van der Waals surface area contributed by atoms with Gasteiger partial charge in [0.15, 0.2) is 11.8 Å². The molecule has 0 amide bonds. The predicted octanol–water partition coefficient (Wildman–Crippen LogP) is 3.15. The Hall–Kier alpha value is -3.74. The number of aromatic amines is 1. The SMILES string of the molecule is Cc1[nH]c2ccccc2c1C(=O)C(C)OC(=O)c1nn(C)c(=O)c2ccccc12. The van der Waals surface area contributed by atoms with E-state index in [-0.39, 0.29) is 17.0 Å². The molecule has 7 nitrogen and oxygen atoms in total. The predicted molar refractivity (Wildman–Crippen MR) is 109 cm³/mol. The lowest BCUT2D eigenvalue weighted by Crippen LogP contribution is -2.28. The highest BCUT2D eigenvalue weighted by molar-refractivity contribution is 6.12. The summed E-state index contributed by atoms with van der Waals surface area (Å²) in [6.07, 6.45) is -1.02. The number of ether oxygens (including phenoxy) is 1. The minimum Gasteiger partial charge on any atom is -0.449 e. The van der Waals surface area contributed by atoms with Crippen molar-refractivity contribution >= 4 is 33.4 Å². The molecule has 0 aliphatic heterocycles. The Morgan fingerprint density at radius 2 is 1.66 bits per heavy atom. The van der Waals surface area contributed by atoms with E-state index in [0.717, 1.165) is 15.6 Å². The Morgan fingerprint density at radius 1 is 1.03 bits per heavy atom. The van der Waals surface area contributed by atoms with Crippen LogP contribution in [0.2, 0.25) is 0 Å². The fourth-order valence-electron chi connectivity index (χ4n) is 3.52. The first-order valence-electron chi connectivity index (χ1n) is 9.17. The number of rotatable bonds is 4. The lowest BCUT2D eigenvalue weighted by atomic mass is 10.0. The van der Waals surface area contributed by atoms with E-state index in [1.165, 1.54) is 14.0 Å². The topological polar surface area (TPSA) is 94.1 Å². The second-order valence-electron chi connectivity index (χ2n) is 6.91. The lowest BCUT2D eigenvalue weighted by molar-refractivity contribution is 0.0313. The van der Waals surface area contributed by atoms with Crippen LogP contribution in [0.1, 0.15) is 33.5 Å². The van der Waals surface area contributed by atoms with E-state index >= 15 is 0 Å². The largest absolute Gasteiger partial charge is 0.449 e. The smallest absolute Gasteiger partial charge is 0.360 e. The molecular weight excluding hydrogens is 370 g/mol. The van der Waals surface area contributed by atoms with Crippen molar-refractivity contribution in [1.29, 1.82) is 0 Å². The van der Waals surface area contributed by atoms with Gasteiger partial charge >= 0.3 is 5.97 Å². The molecule has 1 atom stereocenters. The van der Waals surface area contributed by atoms with E-state index in [1.54, 1.807) is 24.3 Å². The third kappa shape index (κ3) is 3.10. The first-order chi connectivity index (χ1) is 13.9. The zero-order valence-electron chi connectivity index (χ0n) is 16.2. The Morgan fingerprint density at radius 3 is 2.38 bits per heavy atom. The van der Waals surface area contributed by atoms with Gasteiger partial charge in [0.05, 0.1) is 5.39 Å². The van der Waals surface area contributed by atoms with E-state index in [0.29, 0.717) is 22.0 Å². The van der Waals surface area contributed by atoms with Gasteiger partial charge in [-0.2, -0.15) is 5.10 Å². The lowest BCUT2D eigenvalue weighted by Gasteiger charge is -2.13. The van der Waals surface area contributed by atoms with Crippen LogP contribution < -0.4 is 5.56 Å². The zero-order valence-corrected chi connectivity index (χ0v) is 16.2. The van der Waals surface area contributed by atoms with Crippen LogP contribution >= 0.6 is 0 Å². The number of hydrogen-bond donors (Lipinski definition) is 1. The van der Waals surface area contributed by atoms with Gasteiger partial charge in [-0.25, -0.2) is 9.48 Å². The van der Waals surface area contributed by atoms with E-state index in [1.807, 2.05) is 31.2 Å². The number of Topliss-reactive ketones (excluding diaryl/α,β-unsaturated/α-hetero) is 1. The van der Waals surface area contributed by atoms with Gasteiger partial charge in [0.2, 0.25) is 5.78 Å². The minimum absolute atomic E-state index is 0.00185. The Balaban J connectivity index is 1.68. The van der Waals surface area contributed by atoms with Crippen LogP contribution in [0.15, 0.2) is 53.3 Å². The van der Waals surface area contributed by atoms with Crippen molar-refractivity contribution < 1.29 is 14.3 Å². The van der Waals surface area contributed by atoms with Gasteiger partial charge in [-0.15, -0.1) is 0 Å². The highest BCUT2D eigenvalue weighted by Gasteiger charge is 2.26. The molecule has 0 bridgehead atoms. The Kier molecular flexibility index (Phi) is 4.50. The number of nitrogens with zero attached hydrogens (tertiary/aromatic N) is 2. The molecular formula is C22H19N3O4. The summed E-state index contributed by atoms with van der Waals surface area (Å²) in [5.41, 5.74) is 1.75. The number of aromatic nitrogens is 3. The number of esters is 1. The van der Waals surface area contributed by atoms with Gasteiger partial charge in [0, 0.05) is 34.6 Å². The van der Waals surface area contributed by atoms with Crippen molar-refractivity contribution in [2.75, 3.05) is 0 Å². The molecule has 1 N–H and O–H groups in total. The van der Waals surface area contributed by atoms with Crippen LogP contribution in [0.4, 0.5) is 0 Å². The van der Waals surface area contributed by atoms with Crippen LogP contribution in [-0.4, -0.2) is 32.6 Å². The first kappa shape index (κ1) is 18.6. The number of ketones is 1. The van der Waals surface area contributed by atoms with Crippen LogP contribution in [0.3, 0.4) is 0 Å². The van der Waals surface area contributed by atoms with Crippen LogP contribution in [-0.2, 0) is 11.8 Å². The number of benzene rings is 2. The standard InChI is InChI=1S/C22H19N3O4/c1-12-18(16-10-6-7-11-17(16)23-12)20(26)13(2)29-22(28)19-14-8-4-5-9-15(14)21(27)25(3)24-19/h4-11,13,23H,1-3H3. The molecule has 29 heavy (non-hydrogen) atoms.